The van der Waals surface area contributed by atoms with Crippen LogP contribution in [0.15, 0.2) is 0 Å². The lowest BCUT2D eigenvalue weighted by molar-refractivity contribution is -0.386. The third-order valence-electron chi connectivity index (χ3n) is 17.1. The number of unbranched alkanes of at least 4 members (excludes halogenated alkanes) is 29. The van der Waals surface area contributed by atoms with Crippen LogP contribution < -0.4 is 10.6 Å². The first kappa shape index (κ1) is 77.0. The average Bonchev–Trinajstić information content (AvgIpc) is 1.85. The van der Waals surface area contributed by atoms with E-state index in [4.69, 9.17) is 28.4 Å². The van der Waals surface area contributed by atoms with Gasteiger partial charge >= 0.3 is 5.97 Å². The van der Waals surface area contributed by atoms with Crippen molar-refractivity contribution in [3.05, 3.63) is 0 Å². The average molecular weight is 1230 g/mol. The number of hydrogen-bond donors (Lipinski definition) is 14. The summed E-state index contributed by atoms with van der Waals surface area (Å²) in [6, 6.07) is -2.52. The van der Waals surface area contributed by atoms with Crippen molar-refractivity contribution in [1.29, 1.82) is 0 Å². The monoisotopic (exact) mass is 1220 g/mol. The number of carbonyl (C=O) groups is 3. The van der Waals surface area contributed by atoms with E-state index in [1.165, 1.54) is 141 Å². The Morgan fingerprint density at radius 2 is 1.02 bits per heavy atom. The molecule has 0 bridgehead atoms. The smallest absolute Gasteiger partial charge is 0.364 e. The van der Waals surface area contributed by atoms with Crippen LogP contribution in [0.25, 0.3) is 0 Å². The predicted octanol–water partition coefficient (Wildman–Crippen LogP) is 4.56. The molecule has 3 aliphatic heterocycles. The minimum atomic E-state index is -3.07. The molecular formula is C62H116N2O21. The third kappa shape index (κ3) is 27.8. The van der Waals surface area contributed by atoms with E-state index in [0.29, 0.717) is 19.3 Å². The number of aliphatic carboxylic acids is 1. The van der Waals surface area contributed by atoms with Gasteiger partial charge in [-0.2, -0.15) is 0 Å². The van der Waals surface area contributed by atoms with Gasteiger partial charge in [0.25, 0.3) is 5.79 Å². The molecule has 0 aromatic carbocycles. The maximum atomic E-state index is 13.4. The number of carboxylic acid groups (broad SMARTS) is 1. The van der Waals surface area contributed by atoms with Crippen LogP contribution in [0.1, 0.15) is 239 Å². The van der Waals surface area contributed by atoms with Crippen molar-refractivity contribution >= 4 is 17.8 Å². The molecule has 2 amide bonds. The van der Waals surface area contributed by atoms with Crippen LogP contribution in [0.5, 0.6) is 0 Å². The Morgan fingerprint density at radius 3 is 1.47 bits per heavy atom. The molecule has 14 N–H and O–H groups in total. The van der Waals surface area contributed by atoms with Crippen molar-refractivity contribution in [2.75, 3.05) is 26.4 Å². The zero-order valence-corrected chi connectivity index (χ0v) is 51.7. The summed E-state index contributed by atoms with van der Waals surface area (Å²) in [5.74, 6) is -6.09. The van der Waals surface area contributed by atoms with Gasteiger partial charge in [0, 0.05) is 19.8 Å². The lowest BCUT2D eigenvalue weighted by Gasteiger charge is -2.50. The van der Waals surface area contributed by atoms with Gasteiger partial charge in [-0.15, -0.1) is 0 Å². The Balaban J connectivity index is 1.58. The molecule has 3 fully saturated rings. The van der Waals surface area contributed by atoms with Crippen LogP contribution in [-0.4, -0.2) is 215 Å². The van der Waals surface area contributed by atoms with E-state index in [1.807, 2.05) is 0 Å². The Morgan fingerprint density at radius 1 is 0.565 bits per heavy atom. The van der Waals surface area contributed by atoms with Crippen molar-refractivity contribution in [3.8, 4) is 0 Å². The fourth-order valence-corrected chi connectivity index (χ4v) is 11.8. The molecule has 0 aliphatic carbocycles. The molecule has 0 aromatic heterocycles. The van der Waals surface area contributed by atoms with Crippen LogP contribution in [-0.2, 0) is 42.8 Å². The van der Waals surface area contributed by atoms with E-state index < -0.39 is 148 Å². The van der Waals surface area contributed by atoms with Gasteiger partial charge in [0.15, 0.2) is 12.6 Å². The third-order valence-corrected chi connectivity index (χ3v) is 17.1. The second-order valence-corrected chi connectivity index (χ2v) is 24.3. The van der Waals surface area contributed by atoms with Crippen LogP contribution in [0.3, 0.4) is 0 Å². The number of aliphatic hydroxyl groups excluding tert-OH is 11. The lowest BCUT2D eigenvalue weighted by atomic mass is 9.88. The summed E-state index contributed by atoms with van der Waals surface area (Å²) in [5.41, 5.74) is 0. The van der Waals surface area contributed by atoms with Gasteiger partial charge in [-0.25, -0.2) is 4.79 Å². The maximum Gasteiger partial charge on any atom is 0.364 e. The first-order valence-electron chi connectivity index (χ1n) is 32.9. The van der Waals surface area contributed by atoms with Crippen molar-refractivity contribution in [3.63, 3.8) is 0 Å². The molecule has 3 saturated heterocycles. The number of amides is 2. The summed E-state index contributed by atoms with van der Waals surface area (Å²) in [4.78, 5) is 38.4. The second-order valence-electron chi connectivity index (χ2n) is 24.3. The molecule has 0 aromatic rings. The maximum absolute atomic E-state index is 13.4. The number of nitrogens with one attached hydrogen (secondary N) is 2. The molecule has 0 saturated carbocycles. The van der Waals surface area contributed by atoms with Crippen LogP contribution >= 0.6 is 0 Å². The number of carbonyl (C=O) groups excluding carboxylic acids is 2. The topological polar surface area (TPSA) is 373 Å². The predicted molar refractivity (Wildman–Crippen MR) is 315 cm³/mol. The largest absolute Gasteiger partial charge is 0.477 e. The zero-order chi connectivity index (χ0) is 62.6. The highest BCUT2D eigenvalue weighted by molar-refractivity contribution is 5.77. The molecule has 3 rings (SSSR count). The van der Waals surface area contributed by atoms with Crippen molar-refractivity contribution in [1.82, 2.24) is 10.6 Å². The highest BCUT2D eigenvalue weighted by atomic mass is 16.8. The second kappa shape index (κ2) is 44.2. The summed E-state index contributed by atoms with van der Waals surface area (Å²) < 4.78 is 34.8. The Kier molecular flexibility index (Phi) is 40.1. The van der Waals surface area contributed by atoms with E-state index in [0.717, 1.165) is 51.9 Å². The minimum absolute atomic E-state index is 0.228. The first-order valence-corrected chi connectivity index (χ1v) is 32.9. The fourth-order valence-electron chi connectivity index (χ4n) is 11.8. The van der Waals surface area contributed by atoms with Gasteiger partial charge in [-0.3, -0.25) is 9.59 Å². The number of rotatable bonds is 49. The first-order chi connectivity index (χ1) is 40.9. The molecule has 23 nitrogen and oxygen atoms in total. The van der Waals surface area contributed by atoms with Gasteiger partial charge in [0.2, 0.25) is 11.8 Å². The van der Waals surface area contributed by atoms with E-state index in [2.05, 4.69) is 24.5 Å². The van der Waals surface area contributed by atoms with Gasteiger partial charge in [-0.1, -0.05) is 206 Å². The van der Waals surface area contributed by atoms with E-state index in [-0.39, 0.29) is 18.9 Å². The van der Waals surface area contributed by atoms with Crippen molar-refractivity contribution < 1.29 is 104 Å². The molecule has 85 heavy (non-hydrogen) atoms. The van der Waals surface area contributed by atoms with E-state index in [1.54, 1.807) is 0 Å². The standard InChI is InChI=1S/C62H116N2O21/c1-4-6-8-10-12-14-16-17-18-19-20-21-22-23-24-25-26-28-30-32-34-36-49(72)64-43(44(69)35-33-31-29-27-15-13-11-9-7-5-2)41-80-59-54(76)53(75)56(48(40-67)82-59)83-60-55(77)58(52(74)47(39-66)81-60)85-62(61(78)79)37-45(70)50(63-42(3)68)57(84-62)51(73)46(71)38-65/h43-48,50-60,65-67,69-71,73-77H,4-41H2,1-3H3,(H,63,68)(H,64,72)(H,78,79). The zero-order valence-electron chi connectivity index (χ0n) is 51.7. The molecule has 3 heterocycles. The summed E-state index contributed by atoms with van der Waals surface area (Å²) >= 11 is 0. The molecule has 18 unspecified atom stereocenters. The molecular weight excluding hydrogens is 1110 g/mol. The van der Waals surface area contributed by atoms with Gasteiger partial charge in [0.05, 0.1) is 50.7 Å². The minimum Gasteiger partial charge on any atom is -0.477 e. The quantitative estimate of drug-likeness (QED) is 0.0371. The van der Waals surface area contributed by atoms with Gasteiger partial charge < -0.3 is 100 Å². The Hall–Kier alpha value is -2.27. The van der Waals surface area contributed by atoms with Gasteiger partial charge in [0.1, 0.15) is 67.1 Å². The number of aliphatic hydroxyl groups is 11. The lowest BCUT2D eigenvalue weighted by Crippen LogP contribution is -2.70. The summed E-state index contributed by atoms with van der Waals surface area (Å²) in [6.45, 7) is 2.18. The van der Waals surface area contributed by atoms with E-state index >= 15 is 0 Å². The van der Waals surface area contributed by atoms with Crippen LogP contribution in [0.4, 0.5) is 0 Å². The van der Waals surface area contributed by atoms with Crippen LogP contribution in [0, 0.1) is 0 Å². The molecule has 500 valence electrons. The number of hydrogen-bond acceptors (Lipinski definition) is 20. The fraction of sp³-hybridized carbons (Fsp3) is 0.952. The normalized spacial score (nSPS) is 29.5. The summed E-state index contributed by atoms with van der Waals surface area (Å²) in [6.07, 6.45) is 8.51. The summed E-state index contributed by atoms with van der Waals surface area (Å²) in [5, 5.41) is 136. The molecule has 0 radical (unpaired) electrons. The SMILES string of the molecule is CCCCCCCCCCCCCCCCCCCCCCCC(=O)NC(COC1OC(CO)C(OC2OC(CO)C(O)C(OC3(C(=O)O)CC(O)C(NC(C)=O)C(C(O)C(O)CO)O3)C2O)C(O)C1O)C(O)CCCCCCCCCCCC. The molecule has 0 spiro atoms. The highest BCUT2D eigenvalue weighted by Gasteiger charge is 2.60. The molecule has 3 aliphatic rings. The van der Waals surface area contributed by atoms with Gasteiger partial charge in [-0.05, 0) is 12.8 Å². The number of carboxylic acids is 1. The van der Waals surface area contributed by atoms with Crippen LogP contribution in [0.2, 0.25) is 0 Å². The summed E-state index contributed by atoms with van der Waals surface area (Å²) in [7, 11) is 0. The Bertz CT molecular complexity index is 1740. The Labute approximate surface area is 506 Å². The van der Waals surface area contributed by atoms with Crippen molar-refractivity contribution in [2.45, 2.75) is 349 Å². The number of ether oxygens (including phenoxy) is 6. The van der Waals surface area contributed by atoms with Crippen molar-refractivity contribution in [2.24, 2.45) is 0 Å². The van der Waals surface area contributed by atoms with E-state index in [9.17, 15) is 75.7 Å². The highest BCUT2D eigenvalue weighted by Crippen LogP contribution is 2.39. The molecule has 23 heteroatoms. The molecule has 18 atom stereocenters.